The molecule has 3 aromatic rings. The molecule has 0 saturated heterocycles. The Labute approximate surface area is 153 Å². The molecule has 0 saturated carbocycles. The normalized spacial score (nSPS) is 11.0. The fraction of sp³-hybridized carbons (Fsp3) is 0. The Bertz CT molecular complexity index is 953. The third-order valence-electron chi connectivity index (χ3n) is 3.34. The van der Waals surface area contributed by atoms with Crippen LogP contribution in [0.4, 0.5) is 0 Å². The van der Waals surface area contributed by atoms with Crippen molar-refractivity contribution in [1.82, 2.24) is 15.6 Å². The number of amides is 1. The maximum atomic E-state index is 12.1. The predicted octanol–water partition coefficient (Wildman–Crippen LogP) is 3.85. The van der Waals surface area contributed by atoms with Gasteiger partial charge in [-0.1, -0.05) is 35.3 Å². The molecule has 0 radical (unpaired) electrons. The molecule has 6 nitrogen and oxygen atoms in total. The van der Waals surface area contributed by atoms with Crippen molar-refractivity contribution in [1.29, 1.82) is 0 Å². The van der Waals surface area contributed by atoms with E-state index in [9.17, 15) is 9.90 Å². The minimum absolute atomic E-state index is 0.0710. The maximum absolute atomic E-state index is 12.1. The number of carbonyl (C=O) groups excluding carboxylic acids is 1. The lowest BCUT2D eigenvalue weighted by atomic mass is 10.1. The van der Waals surface area contributed by atoms with Crippen LogP contribution in [0.2, 0.25) is 10.0 Å². The molecule has 2 aromatic carbocycles. The number of hydrogen-bond acceptors (Lipinski definition) is 4. The van der Waals surface area contributed by atoms with Crippen LogP contribution in [-0.4, -0.2) is 27.4 Å². The van der Waals surface area contributed by atoms with Gasteiger partial charge in [0.15, 0.2) is 0 Å². The van der Waals surface area contributed by atoms with E-state index in [4.69, 9.17) is 23.2 Å². The van der Waals surface area contributed by atoms with Crippen LogP contribution in [0.25, 0.3) is 11.3 Å². The lowest BCUT2D eigenvalue weighted by Gasteiger charge is -2.00. The lowest BCUT2D eigenvalue weighted by molar-refractivity contribution is 0.0950. The predicted molar refractivity (Wildman–Crippen MR) is 97.2 cm³/mol. The van der Waals surface area contributed by atoms with Crippen molar-refractivity contribution in [2.45, 2.75) is 0 Å². The maximum Gasteiger partial charge on any atom is 0.289 e. The molecule has 0 aliphatic rings. The van der Waals surface area contributed by atoms with Crippen LogP contribution in [0.3, 0.4) is 0 Å². The zero-order valence-electron chi connectivity index (χ0n) is 12.7. The number of aromatic amines is 1. The van der Waals surface area contributed by atoms with Crippen molar-refractivity contribution in [3.8, 4) is 17.0 Å². The van der Waals surface area contributed by atoms with Crippen molar-refractivity contribution in [2.75, 3.05) is 0 Å². The van der Waals surface area contributed by atoms with Gasteiger partial charge in [-0.2, -0.15) is 10.2 Å². The SMILES string of the molecule is O=C(NN=Cc1ccccc1O)c1cc(-c2ccc(Cl)cc2Cl)n[nH]1. The third kappa shape index (κ3) is 3.99. The molecule has 0 fully saturated rings. The van der Waals surface area contributed by atoms with Gasteiger partial charge in [0.25, 0.3) is 5.91 Å². The molecule has 0 aliphatic heterocycles. The molecule has 3 N–H and O–H groups in total. The van der Waals surface area contributed by atoms with E-state index >= 15 is 0 Å². The fourth-order valence-corrected chi connectivity index (χ4v) is 2.60. The zero-order valence-corrected chi connectivity index (χ0v) is 14.2. The molecule has 8 heteroatoms. The van der Waals surface area contributed by atoms with E-state index in [1.54, 1.807) is 42.5 Å². The summed E-state index contributed by atoms with van der Waals surface area (Å²) >= 11 is 12.0. The van der Waals surface area contributed by atoms with Gasteiger partial charge in [0.05, 0.1) is 16.9 Å². The lowest BCUT2D eigenvalue weighted by Crippen LogP contribution is -2.18. The molecule has 0 unspecified atom stereocenters. The molecule has 3 rings (SSSR count). The Hall–Kier alpha value is -2.83. The van der Waals surface area contributed by atoms with Crippen LogP contribution in [0.5, 0.6) is 5.75 Å². The number of aromatic hydroxyl groups is 1. The standard InChI is InChI=1S/C17H12Cl2N4O2/c18-11-5-6-12(13(19)7-11)14-8-15(22-21-14)17(25)23-20-9-10-3-1-2-4-16(10)24/h1-9,24H,(H,21,22)(H,23,25). The molecule has 0 aliphatic carbocycles. The van der Waals surface area contributed by atoms with Gasteiger partial charge < -0.3 is 5.11 Å². The van der Waals surface area contributed by atoms with Crippen molar-refractivity contribution in [3.05, 3.63) is 69.8 Å². The summed E-state index contributed by atoms with van der Waals surface area (Å²) in [6.07, 6.45) is 1.35. The molecule has 1 amide bonds. The number of nitrogens with zero attached hydrogens (tertiary/aromatic N) is 2. The average Bonchev–Trinajstić information content (AvgIpc) is 3.06. The summed E-state index contributed by atoms with van der Waals surface area (Å²) in [5.74, 6) is -0.405. The van der Waals surface area contributed by atoms with Gasteiger partial charge in [-0.25, -0.2) is 5.43 Å². The highest BCUT2D eigenvalue weighted by atomic mass is 35.5. The Morgan fingerprint density at radius 2 is 2.00 bits per heavy atom. The molecule has 1 heterocycles. The highest BCUT2D eigenvalue weighted by Crippen LogP contribution is 2.29. The quantitative estimate of drug-likeness (QED) is 0.478. The second kappa shape index (κ2) is 7.38. The van der Waals surface area contributed by atoms with Crippen molar-refractivity contribution in [2.24, 2.45) is 5.10 Å². The smallest absolute Gasteiger partial charge is 0.289 e. The first-order valence-corrected chi connectivity index (χ1v) is 7.92. The first-order chi connectivity index (χ1) is 12.0. The summed E-state index contributed by atoms with van der Waals surface area (Å²) in [6, 6.07) is 13.2. The Morgan fingerprint density at radius 3 is 2.76 bits per heavy atom. The van der Waals surface area contributed by atoms with Gasteiger partial charge >= 0.3 is 0 Å². The Kier molecular flexibility index (Phi) is 5.02. The summed E-state index contributed by atoms with van der Waals surface area (Å²) in [6.45, 7) is 0. The second-order valence-corrected chi connectivity index (χ2v) is 5.89. The fourth-order valence-electron chi connectivity index (χ4n) is 2.09. The summed E-state index contributed by atoms with van der Waals surface area (Å²) in [4.78, 5) is 12.1. The first-order valence-electron chi connectivity index (χ1n) is 7.17. The highest BCUT2D eigenvalue weighted by molar-refractivity contribution is 6.36. The minimum Gasteiger partial charge on any atom is -0.507 e. The van der Waals surface area contributed by atoms with E-state index in [1.165, 1.54) is 12.3 Å². The van der Waals surface area contributed by atoms with E-state index in [0.29, 0.717) is 26.9 Å². The van der Waals surface area contributed by atoms with Gasteiger partial charge in [0, 0.05) is 16.1 Å². The number of hydrogen-bond donors (Lipinski definition) is 3. The number of phenols is 1. The van der Waals surface area contributed by atoms with E-state index in [-0.39, 0.29) is 11.4 Å². The number of benzene rings is 2. The van der Waals surface area contributed by atoms with Crippen LogP contribution in [0.15, 0.2) is 53.6 Å². The number of phenolic OH excluding ortho intramolecular Hbond substituents is 1. The molecule has 0 atom stereocenters. The number of nitrogens with one attached hydrogen (secondary N) is 2. The third-order valence-corrected chi connectivity index (χ3v) is 3.88. The Balaban J connectivity index is 1.72. The van der Waals surface area contributed by atoms with Crippen LogP contribution < -0.4 is 5.43 Å². The minimum atomic E-state index is -0.476. The number of rotatable bonds is 4. The number of carbonyl (C=O) groups is 1. The van der Waals surface area contributed by atoms with Gasteiger partial charge in [-0.15, -0.1) is 0 Å². The number of para-hydroxylation sites is 1. The van der Waals surface area contributed by atoms with Gasteiger partial charge in [0.1, 0.15) is 11.4 Å². The van der Waals surface area contributed by atoms with Crippen LogP contribution in [0, 0.1) is 0 Å². The summed E-state index contributed by atoms with van der Waals surface area (Å²) < 4.78 is 0. The molecule has 1 aromatic heterocycles. The zero-order chi connectivity index (χ0) is 17.8. The topological polar surface area (TPSA) is 90.4 Å². The van der Waals surface area contributed by atoms with E-state index < -0.39 is 5.91 Å². The molecular weight excluding hydrogens is 363 g/mol. The summed E-state index contributed by atoms with van der Waals surface area (Å²) in [5.41, 5.74) is 4.22. The number of hydrazone groups is 1. The first kappa shape index (κ1) is 17.0. The van der Waals surface area contributed by atoms with Crippen molar-refractivity contribution in [3.63, 3.8) is 0 Å². The summed E-state index contributed by atoms with van der Waals surface area (Å²) in [5, 5.41) is 21.1. The van der Waals surface area contributed by atoms with E-state index in [1.807, 2.05) is 0 Å². The number of halogens is 2. The van der Waals surface area contributed by atoms with E-state index in [2.05, 4.69) is 20.7 Å². The molecule has 0 bridgehead atoms. The van der Waals surface area contributed by atoms with Crippen LogP contribution in [-0.2, 0) is 0 Å². The molecule has 25 heavy (non-hydrogen) atoms. The van der Waals surface area contributed by atoms with Gasteiger partial charge in [-0.05, 0) is 36.4 Å². The van der Waals surface area contributed by atoms with Crippen LogP contribution >= 0.6 is 23.2 Å². The van der Waals surface area contributed by atoms with Crippen molar-refractivity contribution >= 4 is 35.3 Å². The highest BCUT2D eigenvalue weighted by Gasteiger charge is 2.12. The Morgan fingerprint density at radius 1 is 1.20 bits per heavy atom. The molecule has 0 spiro atoms. The monoisotopic (exact) mass is 374 g/mol. The van der Waals surface area contributed by atoms with E-state index in [0.717, 1.165) is 0 Å². The van der Waals surface area contributed by atoms with Crippen LogP contribution in [0.1, 0.15) is 16.1 Å². The molecule has 126 valence electrons. The largest absolute Gasteiger partial charge is 0.507 e. The van der Waals surface area contributed by atoms with Gasteiger partial charge in [-0.3, -0.25) is 9.89 Å². The number of aromatic nitrogens is 2. The summed E-state index contributed by atoms with van der Waals surface area (Å²) in [7, 11) is 0. The molecular formula is C17H12Cl2N4O2. The van der Waals surface area contributed by atoms with Crippen molar-refractivity contribution < 1.29 is 9.90 Å². The number of H-pyrrole nitrogens is 1. The van der Waals surface area contributed by atoms with Gasteiger partial charge in [0.2, 0.25) is 0 Å². The average molecular weight is 375 g/mol. The second-order valence-electron chi connectivity index (χ2n) is 5.05.